The van der Waals surface area contributed by atoms with Crippen molar-refractivity contribution in [2.75, 3.05) is 0 Å². The number of amides is 2. The summed E-state index contributed by atoms with van der Waals surface area (Å²) in [4.78, 5) is 67.7. The number of carboxylic acid groups (broad SMARTS) is 1. The van der Waals surface area contributed by atoms with Gasteiger partial charge in [0.25, 0.3) is 5.56 Å². The van der Waals surface area contributed by atoms with E-state index in [1.807, 2.05) is 13.0 Å². The summed E-state index contributed by atoms with van der Waals surface area (Å²) < 4.78 is 0.874. The van der Waals surface area contributed by atoms with Crippen molar-refractivity contribution in [2.24, 2.45) is 11.8 Å². The Bertz CT molecular complexity index is 1410. The van der Waals surface area contributed by atoms with Gasteiger partial charge < -0.3 is 20.7 Å². The number of hydrogen-bond acceptors (Lipinski definition) is 5. The molecule has 4 N–H and O–H groups in total. The summed E-state index contributed by atoms with van der Waals surface area (Å²) in [5.41, 5.74) is -0.325. The van der Waals surface area contributed by atoms with Crippen molar-refractivity contribution in [1.29, 1.82) is 0 Å². The molecule has 0 saturated heterocycles. The van der Waals surface area contributed by atoms with Gasteiger partial charge in [-0.3, -0.25) is 14.4 Å². The zero-order valence-corrected chi connectivity index (χ0v) is 21.9. The van der Waals surface area contributed by atoms with Crippen LogP contribution in [-0.4, -0.2) is 44.5 Å². The molecule has 10 nitrogen and oxygen atoms in total. The molecule has 3 aromatic rings. The number of para-hydroxylation sites is 1. The number of H-pyrrole nitrogens is 1. The zero-order valence-electron chi connectivity index (χ0n) is 21.9. The van der Waals surface area contributed by atoms with Crippen molar-refractivity contribution < 1.29 is 19.5 Å². The second kappa shape index (κ2) is 12.4. The van der Waals surface area contributed by atoms with E-state index < -0.39 is 53.1 Å². The number of aromatic nitrogens is 2. The van der Waals surface area contributed by atoms with E-state index in [2.05, 4.69) is 15.6 Å². The minimum absolute atomic E-state index is 0.0189. The molecule has 0 aliphatic rings. The number of rotatable bonds is 11. The molecule has 0 radical (unpaired) electrons. The molecule has 10 heteroatoms. The third kappa shape index (κ3) is 6.37. The topological polar surface area (TPSA) is 150 Å². The summed E-state index contributed by atoms with van der Waals surface area (Å²) in [6.45, 7) is 6.97. The second-order valence-corrected chi connectivity index (χ2v) is 9.80. The van der Waals surface area contributed by atoms with Crippen LogP contribution in [0.1, 0.15) is 45.7 Å². The van der Waals surface area contributed by atoms with E-state index in [4.69, 9.17) is 0 Å². The summed E-state index contributed by atoms with van der Waals surface area (Å²) in [6.07, 6.45) is 0.549. The first kappa shape index (κ1) is 28.4. The molecule has 38 heavy (non-hydrogen) atoms. The molecule has 0 fully saturated rings. The summed E-state index contributed by atoms with van der Waals surface area (Å²) in [5.74, 6) is -3.27. The van der Waals surface area contributed by atoms with Gasteiger partial charge in [-0.25, -0.2) is 14.2 Å². The van der Waals surface area contributed by atoms with Gasteiger partial charge >= 0.3 is 11.7 Å². The van der Waals surface area contributed by atoms with E-state index in [1.54, 1.807) is 69.3 Å². The Morgan fingerprint density at radius 3 is 2.11 bits per heavy atom. The molecule has 4 atom stereocenters. The van der Waals surface area contributed by atoms with Gasteiger partial charge in [0, 0.05) is 6.42 Å². The number of benzene rings is 2. The molecule has 2 amide bonds. The molecule has 3 rings (SSSR count). The van der Waals surface area contributed by atoms with Crippen LogP contribution in [0.4, 0.5) is 0 Å². The standard InChI is InChI=1S/C28H34N4O6/c1-5-17(4)23(27(36)37)31-25(34)22(16(2)3)30-24(33)21(15-18-11-7-6-8-12-18)32-26(35)19-13-9-10-14-20(19)29-28(32)38/h6-14,16-17,21-23H,5,15H2,1-4H3,(H,29,38)(H,30,33)(H,31,34)(H,36,37)/t17-,21+,22+,23+/m1/s1. The maximum absolute atomic E-state index is 13.7. The van der Waals surface area contributed by atoms with Gasteiger partial charge in [0.15, 0.2) is 0 Å². The van der Waals surface area contributed by atoms with Crippen molar-refractivity contribution in [3.63, 3.8) is 0 Å². The first-order valence-electron chi connectivity index (χ1n) is 12.7. The largest absolute Gasteiger partial charge is 0.480 e. The number of carbonyl (C=O) groups is 3. The monoisotopic (exact) mass is 522 g/mol. The number of aromatic amines is 1. The highest BCUT2D eigenvalue weighted by Gasteiger charge is 2.34. The van der Waals surface area contributed by atoms with Gasteiger partial charge in [-0.15, -0.1) is 0 Å². The van der Waals surface area contributed by atoms with E-state index in [0.717, 1.165) is 4.57 Å². The number of nitrogens with one attached hydrogen (secondary N) is 3. The van der Waals surface area contributed by atoms with Crippen molar-refractivity contribution in [3.05, 3.63) is 81.0 Å². The third-order valence-corrected chi connectivity index (χ3v) is 6.75. The summed E-state index contributed by atoms with van der Waals surface area (Å²) in [5, 5.41) is 15.1. The smallest absolute Gasteiger partial charge is 0.329 e. The predicted octanol–water partition coefficient (Wildman–Crippen LogP) is 2.23. The van der Waals surface area contributed by atoms with Crippen LogP contribution in [0.5, 0.6) is 0 Å². The van der Waals surface area contributed by atoms with Gasteiger partial charge in [-0.2, -0.15) is 0 Å². The molecule has 1 aromatic heterocycles. The Kier molecular flexibility index (Phi) is 9.22. The Labute approximate surface area is 220 Å². The van der Waals surface area contributed by atoms with E-state index in [-0.39, 0.29) is 17.7 Å². The molecule has 0 saturated carbocycles. The van der Waals surface area contributed by atoms with Crippen LogP contribution in [0.2, 0.25) is 0 Å². The van der Waals surface area contributed by atoms with Crippen molar-refractivity contribution in [2.45, 2.75) is 58.7 Å². The summed E-state index contributed by atoms with van der Waals surface area (Å²) in [7, 11) is 0. The van der Waals surface area contributed by atoms with Gasteiger partial charge in [0.05, 0.1) is 10.9 Å². The van der Waals surface area contributed by atoms with Gasteiger partial charge in [0.2, 0.25) is 11.8 Å². The number of fused-ring (bicyclic) bond motifs is 1. The zero-order chi connectivity index (χ0) is 28.0. The lowest BCUT2D eigenvalue weighted by Crippen LogP contribution is -2.57. The minimum atomic E-state index is -1.27. The fraction of sp³-hybridized carbons (Fsp3) is 0.393. The number of nitrogens with zero attached hydrogens (tertiary/aromatic N) is 1. The Morgan fingerprint density at radius 2 is 1.50 bits per heavy atom. The van der Waals surface area contributed by atoms with Gasteiger partial charge in [-0.05, 0) is 29.5 Å². The molecule has 2 aromatic carbocycles. The third-order valence-electron chi connectivity index (χ3n) is 6.75. The highest BCUT2D eigenvalue weighted by molar-refractivity contribution is 5.92. The Balaban J connectivity index is 2.01. The summed E-state index contributed by atoms with van der Waals surface area (Å²) in [6, 6.07) is 11.9. The van der Waals surface area contributed by atoms with Crippen LogP contribution in [0.15, 0.2) is 64.2 Å². The normalized spacial score (nSPS) is 14.4. The molecular weight excluding hydrogens is 488 g/mol. The van der Waals surface area contributed by atoms with Crippen LogP contribution in [0.3, 0.4) is 0 Å². The van der Waals surface area contributed by atoms with Crippen LogP contribution in [0.25, 0.3) is 10.9 Å². The molecule has 0 aliphatic heterocycles. The van der Waals surface area contributed by atoms with Crippen LogP contribution < -0.4 is 21.9 Å². The average molecular weight is 523 g/mol. The first-order chi connectivity index (χ1) is 18.0. The van der Waals surface area contributed by atoms with E-state index >= 15 is 0 Å². The number of carboxylic acids is 1. The Hall–Kier alpha value is -4.21. The maximum Gasteiger partial charge on any atom is 0.329 e. The Morgan fingerprint density at radius 1 is 0.895 bits per heavy atom. The second-order valence-electron chi connectivity index (χ2n) is 9.80. The lowest BCUT2D eigenvalue weighted by Gasteiger charge is -2.28. The molecule has 202 valence electrons. The number of hydrogen-bond donors (Lipinski definition) is 4. The van der Waals surface area contributed by atoms with Gasteiger partial charge in [0.1, 0.15) is 18.1 Å². The molecule has 0 bridgehead atoms. The predicted molar refractivity (Wildman–Crippen MR) is 144 cm³/mol. The lowest BCUT2D eigenvalue weighted by atomic mass is 9.97. The fourth-order valence-corrected chi connectivity index (χ4v) is 4.31. The van der Waals surface area contributed by atoms with Crippen molar-refractivity contribution in [3.8, 4) is 0 Å². The highest BCUT2D eigenvalue weighted by atomic mass is 16.4. The SMILES string of the molecule is CC[C@@H](C)[C@H](NC(=O)[C@@H](NC(=O)[C@H](Cc1ccccc1)n1c(=O)[nH]c2ccccc2c1=O)C(C)C)C(=O)O. The number of carbonyl (C=O) groups excluding carboxylic acids is 2. The first-order valence-corrected chi connectivity index (χ1v) is 12.7. The molecule has 1 heterocycles. The minimum Gasteiger partial charge on any atom is -0.480 e. The van der Waals surface area contributed by atoms with Crippen LogP contribution >= 0.6 is 0 Å². The average Bonchev–Trinajstić information content (AvgIpc) is 2.89. The van der Waals surface area contributed by atoms with Crippen molar-refractivity contribution in [1.82, 2.24) is 20.2 Å². The quantitative estimate of drug-likeness (QED) is 0.303. The number of aliphatic carboxylic acids is 1. The molecule has 0 unspecified atom stereocenters. The summed E-state index contributed by atoms with van der Waals surface area (Å²) >= 11 is 0. The van der Waals surface area contributed by atoms with E-state index in [1.165, 1.54) is 0 Å². The van der Waals surface area contributed by atoms with E-state index in [0.29, 0.717) is 17.5 Å². The molecular formula is C28H34N4O6. The fourth-order valence-electron chi connectivity index (χ4n) is 4.31. The van der Waals surface area contributed by atoms with Crippen LogP contribution in [-0.2, 0) is 20.8 Å². The maximum atomic E-state index is 13.7. The molecule has 0 aliphatic carbocycles. The highest BCUT2D eigenvalue weighted by Crippen LogP contribution is 2.16. The van der Waals surface area contributed by atoms with Gasteiger partial charge in [-0.1, -0.05) is 76.6 Å². The molecule has 0 spiro atoms. The van der Waals surface area contributed by atoms with E-state index in [9.17, 15) is 29.1 Å². The van der Waals surface area contributed by atoms with Crippen LogP contribution in [0, 0.1) is 11.8 Å². The van der Waals surface area contributed by atoms with Crippen molar-refractivity contribution >= 4 is 28.7 Å². The lowest BCUT2D eigenvalue weighted by molar-refractivity contribution is -0.144.